The molecule has 0 unspecified atom stereocenters. The lowest BCUT2D eigenvalue weighted by Crippen LogP contribution is -2.39. The quantitative estimate of drug-likeness (QED) is 0.780. The third kappa shape index (κ3) is 3.20. The van der Waals surface area contributed by atoms with Gasteiger partial charge in [-0.15, -0.1) is 0 Å². The minimum Gasteiger partial charge on any atom is -0.464 e. The lowest BCUT2D eigenvalue weighted by atomic mass is 10.1. The maximum Gasteiger partial charge on any atom is 0.357 e. The third-order valence-electron chi connectivity index (χ3n) is 3.03. The van der Waals surface area contributed by atoms with E-state index < -0.39 is 11.9 Å². The summed E-state index contributed by atoms with van der Waals surface area (Å²) in [5.41, 5.74) is 0.150. The summed E-state index contributed by atoms with van der Waals surface area (Å²) in [6.45, 7) is 0.449. The number of rotatable bonds is 2. The zero-order valence-corrected chi connectivity index (χ0v) is 11.9. The number of aromatic nitrogens is 1. The number of carbonyl (C=O) groups excluding carboxylic acids is 1. The number of anilines is 1. The molecule has 104 valence electrons. The molecule has 0 aliphatic carbocycles. The molecule has 0 radical (unpaired) electrons. The van der Waals surface area contributed by atoms with Gasteiger partial charge >= 0.3 is 5.97 Å². The van der Waals surface area contributed by atoms with E-state index in [1.807, 2.05) is 0 Å². The minimum absolute atomic E-state index is 0.150. The lowest BCUT2D eigenvalue weighted by Gasteiger charge is -2.32. The van der Waals surface area contributed by atoms with E-state index in [0.29, 0.717) is 10.3 Å². The Morgan fingerprint density at radius 2 is 2.05 bits per heavy atom. The molecular formula is C12H13BrF2N2O2. The van der Waals surface area contributed by atoms with Crippen molar-refractivity contribution >= 4 is 27.7 Å². The predicted octanol–water partition coefficient (Wildman–Crippen LogP) is 2.87. The number of ether oxygens (including phenoxy) is 1. The van der Waals surface area contributed by atoms with Crippen LogP contribution in [-0.2, 0) is 4.74 Å². The molecule has 1 aliphatic rings. The maximum atomic E-state index is 13.1. The monoisotopic (exact) mass is 334 g/mol. The van der Waals surface area contributed by atoms with Gasteiger partial charge in [-0.05, 0) is 28.1 Å². The first-order chi connectivity index (χ1) is 8.93. The number of alkyl halides is 2. The van der Waals surface area contributed by atoms with Crippen LogP contribution in [0, 0.1) is 0 Å². The Balaban J connectivity index is 2.20. The number of pyridine rings is 1. The molecule has 0 atom stereocenters. The topological polar surface area (TPSA) is 42.4 Å². The molecule has 4 nitrogen and oxygen atoms in total. The number of hydrogen-bond donors (Lipinski definition) is 0. The molecule has 1 fully saturated rings. The highest BCUT2D eigenvalue weighted by Gasteiger charge is 2.34. The summed E-state index contributed by atoms with van der Waals surface area (Å²) in [6.07, 6.45) is -0.392. The number of nitrogens with zero attached hydrogens (tertiary/aromatic N) is 2. The summed E-state index contributed by atoms with van der Waals surface area (Å²) in [4.78, 5) is 17.4. The lowest BCUT2D eigenvalue weighted by molar-refractivity contribution is -0.0221. The summed E-state index contributed by atoms with van der Waals surface area (Å²) < 4.78 is 31.3. The zero-order valence-electron chi connectivity index (χ0n) is 10.3. The van der Waals surface area contributed by atoms with Crippen LogP contribution in [-0.4, -0.2) is 37.1 Å². The van der Waals surface area contributed by atoms with Crippen molar-refractivity contribution in [3.63, 3.8) is 0 Å². The Bertz CT molecular complexity index is 487. The molecule has 7 heteroatoms. The van der Waals surface area contributed by atoms with E-state index in [0.717, 1.165) is 0 Å². The Labute approximate surface area is 117 Å². The SMILES string of the molecule is COC(=O)c1nc(N2CCC(F)(F)CC2)ccc1Br. The molecule has 0 N–H and O–H groups in total. The van der Waals surface area contributed by atoms with E-state index in [9.17, 15) is 13.6 Å². The molecular weight excluding hydrogens is 322 g/mol. The van der Waals surface area contributed by atoms with Gasteiger partial charge in [-0.1, -0.05) is 0 Å². The van der Waals surface area contributed by atoms with Crippen molar-refractivity contribution < 1.29 is 18.3 Å². The van der Waals surface area contributed by atoms with Gasteiger partial charge in [0.2, 0.25) is 0 Å². The van der Waals surface area contributed by atoms with Crippen molar-refractivity contribution in [2.24, 2.45) is 0 Å². The molecule has 0 bridgehead atoms. The summed E-state index contributed by atoms with van der Waals surface area (Å²) in [5, 5.41) is 0. The smallest absolute Gasteiger partial charge is 0.357 e. The average Bonchev–Trinajstić information content (AvgIpc) is 2.39. The highest BCUT2D eigenvalue weighted by Crippen LogP contribution is 2.30. The van der Waals surface area contributed by atoms with Crippen LogP contribution in [0.15, 0.2) is 16.6 Å². The van der Waals surface area contributed by atoms with Gasteiger partial charge in [0.05, 0.1) is 11.6 Å². The van der Waals surface area contributed by atoms with E-state index in [1.165, 1.54) is 7.11 Å². The second-order valence-corrected chi connectivity index (χ2v) is 5.19. The molecule has 0 amide bonds. The van der Waals surface area contributed by atoms with Gasteiger partial charge in [0.25, 0.3) is 5.92 Å². The van der Waals surface area contributed by atoms with E-state index >= 15 is 0 Å². The van der Waals surface area contributed by atoms with Gasteiger partial charge in [-0.25, -0.2) is 18.6 Å². The first-order valence-corrected chi connectivity index (χ1v) is 6.60. The zero-order chi connectivity index (χ0) is 14.0. The largest absolute Gasteiger partial charge is 0.464 e. The average molecular weight is 335 g/mol. The molecule has 19 heavy (non-hydrogen) atoms. The summed E-state index contributed by atoms with van der Waals surface area (Å²) in [6, 6.07) is 3.36. The number of esters is 1. The van der Waals surface area contributed by atoms with Gasteiger partial charge in [0.1, 0.15) is 5.82 Å². The van der Waals surface area contributed by atoms with Gasteiger partial charge in [0, 0.05) is 25.9 Å². The molecule has 2 rings (SSSR count). The fraction of sp³-hybridized carbons (Fsp3) is 0.500. The number of hydrogen-bond acceptors (Lipinski definition) is 4. The fourth-order valence-corrected chi connectivity index (χ4v) is 2.29. The molecule has 2 heterocycles. The summed E-state index contributed by atoms with van der Waals surface area (Å²) in [7, 11) is 1.27. The van der Waals surface area contributed by atoms with Gasteiger partial charge < -0.3 is 9.64 Å². The molecule has 0 spiro atoms. The van der Waals surface area contributed by atoms with Gasteiger partial charge in [0.15, 0.2) is 5.69 Å². The molecule has 1 aliphatic heterocycles. The fourth-order valence-electron chi connectivity index (χ4n) is 1.91. The Kier molecular flexibility index (Phi) is 4.03. The molecule has 0 saturated carbocycles. The second-order valence-electron chi connectivity index (χ2n) is 4.33. The molecule has 1 aromatic heterocycles. The number of carbonyl (C=O) groups is 1. The van der Waals surface area contributed by atoms with Crippen molar-refractivity contribution in [2.45, 2.75) is 18.8 Å². The maximum absolute atomic E-state index is 13.1. The number of piperidine rings is 1. The van der Waals surface area contributed by atoms with Crippen LogP contribution in [0.2, 0.25) is 0 Å². The van der Waals surface area contributed by atoms with E-state index in [2.05, 4.69) is 25.7 Å². The van der Waals surface area contributed by atoms with Crippen LogP contribution in [0.1, 0.15) is 23.3 Å². The Morgan fingerprint density at radius 1 is 1.42 bits per heavy atom. The standard InChI is InChI=1S/C12H13BrF2N2O2/c1-19-11(18)10-8(13)2-3-9(16-10)17-6-4-12(14,15)5-7-17/h2-3H,4-7H2,1H3. The van der Waals surface area contributed by atoms with Crippen LogP contribution < -0.4 is 4.90 Å². The highest BCUT2D eigenvalue weighted by molar-refractivity contribution is 9.10. The second kappa shape index (κ2) is 5.40. The van der Waals surface area contributed by atoms with Crippen molar-refractivity contribution in [3.8, 4) is 0 Å². The molecule has 0 aromatic carbocycles. The van der Waals surface area contributed by atoms with Gasteiger partial charge in [-0.3, -0.25) is 0 Å². The van der Waals surface area contributed by atoms with E-state index in [-0.39, 0.29) is 31.6 Å². The Morgan fingerprint density at radius 3 is 2.63 bits per heavy atom. The number of halogens is 3. The predicted molar refractivity (Wildman–Crippen MR) is 69.7 cm³/mol. The van der Waals surface area contributed by atoms with Crippen LogP contribution in [0.25, 0.3) is 0 Å². The first kappa shape index (κ1) is 14.2. The highest BCUT2D eigenvalue weighted by atomic mass is 79.9. The van der Waals surface area contributed by atoms with Crippen LogP contribution in [0.3, 0.4) is 0 Å². The van der Waals surface area contributed by atoms with Crippen molar-refractivity contribution in [2.75, 3.05) is 25.1 Å². The van der Waals surface area contributed by atoms with Crippen molar-refractivity contribution in [1.82, 2.24) is 4.98 Å². The normalized spacial score (nSPS) is 18.2. The van der Waals surface area contributed by atoms with Crippen LogP contribution in [0.5, 0.6) is 0 Å². The first-order valence-electron chi connectivity index (χ1n) is 5.80. The minimum atomic E-state index is -2.60. The molecule has 1 aromatic rings. The molecule has 1 saturated heterocycles. The van der Waals surface area contributed by atoms with Crippen LogP contribution >= 0.6 is 15.9 Å². The van der Waals surface area contributed by atoms with Gasteiger partial charge in [-0.2, -0.15) is 0 Å². The number of methoxy groups -OCH3 is 1. The van der Waals surface area contributed by atoms with E-state index in [4.69, 9.17) is 0 Å². The van der Waals surface area contributed by atoms with Crippen LogP contribution in [0.4, 0.5) is 14.6 Å². The van der Waals surface area contributed by atoms with Crippen molar-refractivity contribution in [1.29, 1.82) is 0 Å². The summed E-state index contributed by atoms with van der Waals surface area (Å²) in [5.74, 6) is -2.65. The summed E-state index contributed by atoms with van der Waals surface area (Å²) >= 11 is 3.21. The van der Waals surface area contributed by atoms with Crippen molar-refractivity contribution in [3.05, 3.63) is 22.3 Å². The third-order valence-corrected chi connectivity index (χ3v) is 3.67. The van der Waals surface area contributed by atoms with E-state index in [1.54, 1.807) is 17.0 Å². The Hall–Kier alpha value is -1.24.